The van der Waals surface area contributed by atoms with E-state index < -0.39 is 0 Å². The lowest BCUT2D eigenvalue weighted by Crippen LogP contribution is -2.38. The molecule has 0 bridgehead atoms. The number of aliphatic hydroxyl groups excluding tert-OH is 1. The first kappa shape index (κ1) is 14.1. The molecule has 1 fully saturated rings. The summed E-state index contributed by atoms with van der Waals surface area (Å²) in [6.07, 6.45) is 4.53. The zero-order valence-electron chi connectivity index (χ0n) is 11.8. The van der Waals surface area contributed by atoms with E-state index in [1.165, 1.54) is 12.8 Å². The van der Waals surface area contributed by atoms with E-state index >= 15 is 0 Å². The molecule has 0 aromatic carbocycles. The molecular formula is C14H24N4O. The van der Waals surface area contributed by atoms with E-state index in [9.17, 15) is 5.11 Å². The Bertz CT molecular complexity index is 422. The summed E-state index contributed by atoms with van der Waals surface area (Å²) >= 11 is 0. The van der Waals surface area contributed by atoms with Gasteiger partial charge < -0.3 is 15.7 Å². The fourth-order valence-corrected chi connectivity index (χ4v) is 2.55. The molecule has 3 N–H and O–H groups in total. The van der Waals surface area contributed by atoms with Gasteiger partial charge in [-0.25, -0.2) is 9.97 Å². The van der Waals surface area contributed by atoms with Crippen molar-refractivity contribution < 1.29 is 5.11 Å². The maximum Gasteiger partial charge on any atom is 0.135 e. The molecule has 106 valence electrons. The van der Waals surface area contributed by atoms with Crippen LogP contribution in [-0.4, -0.2) is 34.3 Å². The van der Waals surface area contributed by atoms with E-state index in [-0.39, 0.29) is 18.6 Å². The molecule has 1 aliphatic rings. The van der Waals surface area contributed by atoms with Crippen LogP contribution in [0.15, 0.2) is 6.07 Å². The van der Waals surface area contributed by atoms with Crippen LogP contribution < -0.4 is 10.6 Å². The molecule has 1 unspecified atom stereocenters. The van der Waals surface area contributed by atoms with Crippen LogP contribution in [0.5, 0.6) is 0 Å². The van der Waals surface area contributed by atoms with Crippen molar-refractivity contribution >= 4 is 11.6 Å². The van der Waals surface area contributed by atoms with Crippen molar-refractivity contribution in [3.63, 3.8) is 0 Å². The topological polar surface area (TPSA) is 75.3 Å². The summed E-state index contributed by atoms with van der Waals surface area (Å²) in [6, 6.07) is 1.97. The number of anilines is 2. The lowest BCUT2D eigenvalue weighted by molar-refractivity contribution is 0.254. The zero-order chi connectivity index (χ0) is 13.8. The van der Waals surface area contributed by atoms with Crippen LogP contribution in [0, 0.1) is 0 Å². The van der Waals surface area contributed by atoms with Gasteiger partial charge in [0.15, 0.2) is 0 Å². The van der Waals surface area contributed by atoms with Crippen molar-refractivity contribution in [1.82, 2.24) is 9.97 Å². The Morgan fingerprint density at radius 3 is 2.84 bits per heavy atom. The highest BCUT2D eigenvalue weighted by Gasteiger charge is 2.22. The van der Waals surface area contributed by atoms with Gasteiger partial charge in [-0.15, -0.1) is 0 Å². The monoisotopic (exact) mass is 264 g/mol. The van der Waals surface area contributed by atoms with Gasteiger partial charge >= 0.3 is 0 Å². The lowest BCUT2D eigenvalue weighted by Gasteiger charge is -2.30. The summed E-state index contributed by atoms with van der Waals surface area (Å²) in [5.41, 5.74) is 5.89. The normalized spacial score (nSPS) is 20.6. The van der Waals surface area contributed by atoms with E-state index in [0.29, 0.717) is 5.82 Å². The molecule has 0 radical (unpaired) electrons. The second-order valence-corrected chi connectivity index (χ2v) is 5.54. The Morgan fingerprint density at radius 2 is 2.16 bits per heavy atom. The molecule has 1 aliphatic heterocycles. The molecule has 1 aromatic rings. The third kappa shape index (κ3) is 3.35. The molecule has 1 saturated heterocycles. The molecule has 0 spiro atoms. The molecule has 1 aromatic heterocycles. The third-order valence-electron chi connectivity index (χ3n) is 3.65. The Morgan fingerprint density at radius 1 is 1.37 bits per heavy atom. The first-order valence-electron chi connectivity index (χ1n) is 7.13. The van der Waals surface area contributed by atoms with Crippen LogP contribution in [0.4, 0.5) is 11.6 Å². The fraction of sp³-hybridized carbons (Fsp3) is 0.714. The first-order chi connectivity index (χ1) is 9.11. The Kier molecular flexibility index (Phi) is 4.58. The minimum absolute atomic E-state index is 0.150. The largest absolute Gasteiger partial charge is 0.394 e. The van der Waals surface area contributed by atoms with Gasteiger partial charge in [-0.3, -0.25) is 0 Å². The lowest BCUT2D eigenvalue weighted by atomic mass is 10.1. The van der Waals surface area contributed by atoms with Gasteiger partial charge in [0, 0.05) is 18.5 Å². The number of hydrogen-bond donors (Lipinski definition) is 2. The highest BCUT2D eigenvalue weighted by atomic mass is 16.3. The van der Waals surface area contributed by atoms with Crippen molar-refractivity contribution in [2.24, 2.45) is 0 Å². The van der Waals surface area contributed by atoms with E-state index in [1.807, 2.05) is 6.07 Å². The summed E-state index contributed by atoms with van der Waals surface area (Å²) in [6.45, 7) is 5.22. The van der Waals surface area contributed by atoms with E-state index in [1.54, 1.807) is 0 Å². The second kappa shape index (κ2) is 6.19. The average molecular weight is 264 g/mol. The molecule has 1 atom stereocenters. The molecule has 2 heterocycles. The SMILES string of the molecule is CC(C)c1nc(N)cc(N2CCCCCC2CO)n1. The van der Waals surface area contributed by atoms with Crippen molar-refractivity contribution in [2.75, 3.05) is 23.8 Å². The molecule has 0 aliphatic carbocycles. The number of nitrogens with zero attached hydrogens (tertiary/aromatic N) is 3. The van der Waals surface area contributed by atoms with Crippen LogP contribution in [0.25, 0.3) is 0 Å². The highest BCUT2D eigenvalue weighted by Crippen LogP contribution is 2.25. The van der Waals surface area contributed by atoms with Gasteiger partial charge in [0.1, 0.15) is 17.5 Å². The predicted octanol–water partition coefficient (Wildman–Crippen LogP) is 1.92. The van der Waals surface area contributed by atoms with Gasteiger partial charge in [-0.2, -0.15) is 0 Å². The highest BCUT2D eigenvalue weighted by molar-refractivity contribution is 5.48. The van der Waals surface area contributed by atoms with Gasteiger partial charge in [0.2, 0.25) is 0 Å². The Labute approximate surface area is 114 Å². The van der Waals surface area contributed by atoms with Gasteiger partial charge in [0.25, 0.3) is 0 Å². The number of nitrogen functional groups attached to an aromatic ring is 1. The molecule has 0 amide bonds. The number of hydrogen-bond acceptors (Lipinski definition) is 5. The Balaban J connectivity index is 2.32. The quantitative estimate of drug-likeness (QED) is 0.872. The van der Waals surface area contributed by atoms with Crippen molar-refractivity contribution in [3.8, 4) is 0 Å². The third-order valence-corrected chi connectivity index (χ3v) is 3.65. The summed E-state index contributed by atoms with van der Waals surface area (Å²) < 4.78 is 0. The molecule has 19 heavy (non-hydrogen) atoms. The molecule has 5 nitrogen and oxygen atoms in total. The summed E-state index contributed by atoms with van der Waals surface area (Å²) in [7, 11) is 0. The second-order valence-electron chi connectivity index (χ2n) is 5.54. The number of nitrogens with two attached hydrogens (primary N) is 1. The fourth-order valence-electron chi connectivity index (χ4n) is 2.55. The van der Waals surface area contributed by atoms with E-state index in [4.69, 9.17) is 5.73 Å². The van der Waals surface area contributed by atoms with Crippen LogP contribution in [0.2, 0.25) is 0 Å². The maximum absolute atomic E-state index is 9.58. The summed E-state index contributed by atoms with van der Waals surface area (Å²) in [5, 5.41) is 9.58. The molecule has 0 saturated carbocycles. The zero-order valence-corrected chi connectivity index (χ0v) is 11.8. The van der Waals surface area contributed by atoms with Crippen molar-refractivity contribution in [2.45, 2.75) is 51.5 Å². The molecular weight excluding hydrogens is 240 g/mol. The van der Waals surface area contributed by atoms with Gasteiger partial charge in [0.05, 0.1) is 12.6 Å². The standard InChI is InChI=1S/C14H24N4O/c1-10(2)14-16-12(15)8-13(17-14)18-7-5-3-4-6-11(18)9-19/h8,10-11,19H,3-7,9H2,1-2H3,(H2,15,16,17). The van der Waals surface area contributed by atoms with Crippen LogP contribution in [-0.2, 0) is 0 Å². The Hall–Kier alpha value is -1.36. The minimum atomic E-state index is 0.150. The summed E-state index contributed by atoms with van der Waals surface area (Å²) in [5.74, 6) is 2.39. The number of aromatic nitrogens is 2. The summed E-state index contributed by atoms with van der Waals surface area (Å²) in [4.78, 5) is 11.1. The van der Waals surface area contributed by atoms with Crippen LogP contribution >= 0.6 is 0 Å². The molecule has 2 rings (SSSR count). The number of aliphatic hydroxyl groups is 1. The first-order valence-corrected chi connectivity index (χ1v) is 7.13. The number of rotatable bonds is 3. The predicted molar refractivity (Wildman–Crippen MR) is 77.2 cm³/mol. The van der Waals surface area contributed by atoms with E-state index in [2.05, 4.69) is 28.7 Å². The van der Waals surface area contributed by atoms with Gasteiger partial charge in [-0.1, -0.05) is 26.7 Å². The minimum Gasteiger partial charge on any atom is -0.394 e. The van der Waals surface area contributed by atoms with Crippen LogP contribution in [0.3, 0.4) is 0 Å². The maximum atomic E-state index is 9.58. The van der Waals surface area contributed by atoms with Crippen molar-refractivity contribution in [3.05, 3.63) is 11.9 Å². The van der Waals surface area contributed by atoms with Gasteiger partial charge in [-0.05, 0) is 12.8 Å². The average Bonchev–Trinajstić information content (AvgIpc) is 2.62. The molecule has 5 heteroatoms. The smallest absolute Gasteiger partial charge is 0.135 e. The van der Waals surface area contributed by atoms with Crippen LogP contribution in [0.1, 0.15) is 51.3 Å². The van der Waals surface area contributed by atoms with Crippen molar-refractivity contribution in [1.29, 1.82) is 0 Å². The van der Waals surface area contributed by atoms with E-state index in [0.717, 1.165) is 31.0 Å².